The molecule has 2 bridgehead atoms. The number of likely N-dealkylation sites (tertiary alicyclic amines) is 1. The normalized spacial score (nSPS) is 23.8. The van der Waals surface area contributed by atoms with Crippen molar-refractivity contribution in [3.05, 3.63) is 34.9 Å². The van der Waals surface area contributed by atoms with Crippen molar-refractivity contribution in [3.63, 3.8) is 0 Å². The highest BCUT2D eigenvalue weighted by atomic mass is 35.5. The first kappa shape index (κ1) is 17.9. The van der Waals surface area contributed by atoms with Gasteiger partial charge in [0.25, 0.3) is 0 Å². The molecule has 0 aliphatic carbocycles. The summed E-state index contributed by atoms with van der Waals surface area (Å²) in [7, 11) is 0. The first-order valence-electron chi connectivity index (χ1n) is 7.57. The zero-order valence-electron chi connectivity index (χ0n) is 12.5. The van der Waals surface area contributed by atoms with Gasteiger partial charge in [-0.3, -0.25) is 4.79 Å². The number of hydrogen-bond acceptors (Lipinski definition) is 3. The van der Waals surface area contributed by atoms with Crippen LogP contribution >= 0.6 is 35.8 Å². The third-order valence-electron chi connectivity index (χ3n) is 4.26. The molecule has 1 aromatic rings. The Morgan fingerprint density at radius 2 is 2.14 bits per heavy atom. The Balaban J connectivity index is 0.00000176. The first-order valence-corrected chi connectivity index (χ1v) is 9.10. The van der Waals surface area contributed by atoms with Crippen LogP contribution in [0.4, 0.5) is 0 Å². The Hall–Kier alpha value is -0.420. The highest BCUT2D eigenvalue weighted by molar-refractivity contribution is 7.99. The van der Waals surface area contributed by atoms with Gasteiger partial charge in [-0.05, 0) is 37.0 Å². The van der Waals surface area contributed by atoms with Gasteiger partial charge in [0.2, 0.25) is 5.91 Å². The van der Waals surface area contributed by atoms with E-state index in [1.807, 2.05) is 23.1 Å². The van der Waals surface area contributed by atoms with Crippen LogP contribution in [-0.2, 0) is 10.5 Å². The van der Waals surface area contributed by atoms with Crippen LogP contribution in [0.3, 0.4) is 0 Å². The number of amides is 1. The molecule has 122 valence electrons. The standard InChI is InChI=1S/C16H21ClN2OS.ClH/c17-13-3-1-2-12(8-13)10-21-11-16(20)19-7-6-14-4-5-15(9-19)18-14;/h1-3,8,14-15,18H,4-7,9-11H2;1H. The SMILES string of the molecule is Cl.O=C(CSCc1cccc(Cl)c1)N1CCC2CCC(C1)N2. The van der Waals surface area contributed by atoms with E-state index in [4.69, 9.17) is 11.6 Å². The Bertz CT molecular complexity index is 515. The van der Waals surface area contributed by atoms with Gasteiger partial charge in [-0.2, -0.15) is 0 Å². The van der Waals surface area contributed by atoms with Crippen molar-refractivity contribution >= 4 is 41.7 Å². The fraction of sp³-hybridized carbons (Fsp3) is 0.562. The molecule has 1 amide bonds. The molecule has 2 saturated heterocycles. The number of fused-ring (bicyclic) bond motifs is 2. The second-order valence-electron chi connectivity index (χ2n) is 5.89. The summed E-state index contributed by atoms with van der Waals surface area (Å²) >= 11 is 7.64. The summed E-state index contributed by atoms with van der Waals surface area (Å²) in [6.45, 7) is 1.79. The van der Waals surface area contributed by atoms with Gasteiger partial charge in [-0.15, -0.1) is 24.2 Å². The van der Waals surface area contributed by atoms with Gasteiger partial charge >= 0.3 is 0 Å². The molecule has 0 spiro atoms. The van der Waals surface area contributed by atoms with Gasteiger partial charge in [-0.1, -0.05) is 23.7 Å². The maximum Gasteiger partial charge on any atom is 0.232 e. The summed E-state index contributed by atoms with van der Waals surface area (Å²) in [5.74, 6) is 1.67. The molecule has 2 atom stereocenters. The lowest BCUT2D eigenvalue weighted by Crippen LogP contribution is -2.39. The van der Waals surface area contributed by atoms with Crippen molar-refractivity contribution in [2.24, 2.45) is 0 Å². The zero-order valence-corrected chi connectivity index (χ0v) is 14.9. The summed E-state index contributed by atoms with van der Waals surface area (Å²) in [5, 5.41) is 4.37. The molecule has 2 fully saturated rings. The third kappa shape index (κ3) is 4.79. The molecule has 6 heteroatoms. The Labute approximate surface area is 147 Å². The second-order valence-corrected chi connectivity index (χ2v) is 7.31. The second kappa shape index (κ2) is 8.44. The fourth-order valence-electron chi connectivity index (χ4n) is 3.14. The number of thioether (sulfide) groups is 1. The predicted molar refractivity (Wildman–Crippen MR) is 96.0 cm³/mol. The summed E-state index contributed by atoms with van der Waals surface area (Å²) < 4.78 is 0. The summed E-state index contributed by atoms with van der Waals surface area (Å²) in [4.78, 5) is 14.4. The van der Waals surface area contributed by atoms with E-state index in [0.717, 1.165) is 30.3 Å². The van der Waals surface area contributed by atoms with Crippen LogP contribution < -0.4 is 5.32 Å². The Kier molecular flexibility index (Phi) is 6.87. The number of benzene rings is 1. The van der Waals surface area contributed by atoms with E-state index in [2.05, 4.69) is 11.4 Å². The first-order chi connectivity index (χ1) is 10.2. The monoisotopic (exact) mass is 360 g/mol. The lowest BCUT2D eigenvalue weighted by molar-refractivity contribution is -0.128. The topological polar surface area (TPSA) is 32.3 Å². The fourth-order valence-corrected chi connectivity index (χ4v) is 4.23. The third-order valence-corrected chi connectivity index (χ3v) is 5.48. The van der Waals surface area contributed by atoms with Crippen LogP contribution in [-0.4, -0.2) is 41.7 Å². The number of hydrogen-bond donors (Lipinski definition) is 1. The molecule has 3 nitrogen and oxygen atoms in total. The van der Waals surface area contributed by atoms with E-state index >= 15 is 0 Å². The zero-order chi connectivity index (χ0) is 14.7. The maximum absolute atomic E-state index is 12.3. The summed E-state index contributed by atoms with van der Waals surface area (Å²) in [6, 6.07) is 9.00. The van der Waals surface area contributed by atoms with Gasteiger partial charge in [-0.25, -0.2) is 0 Å². The van der Waals surface area contributed by atoms with Crippen LogP contribution in [0.15, 0.2) is 24.3 Å². The largest absolute Gasteiger partial charge is 0.340 e. The number of carbonyl (C=O) groups excluding carboxylic acids is 1. The quantitative estimate of drug-likeness (QED) is 0.893. The molecule has 0 radical (unpaired) electrons. The molecular weight excluding hydrogens is 339 g/mol. The smallest absolute Gasteiger partial charge is 0.232 e. The number of rotatable bonds is 4. The molecule has 1 aromatic carbocycles. The van der Waals surface area contributed by atoms with Gasteiger partial charge in [0.1, 0.15) is 0 Å². The van der Waals surface area contributed by atoms with Crippen LogP contribution in [0.5, 0.6) is 0 Å². The predicted octanol–water partition coefficient (Wildman–Crippen LogP) is 3.35. The molecule has 2 aliphatic rings. The van der Waals surface area contributed by atoms with E-state index < -0.39 is 0 Å². The number of nitrogens with one attached hydrogen (secondary N) is 1. The summed E-state index contributed by atoms with van der Waals surface area (Å²) in [5.41, 5.74) is 1.18. The van der Waals surface area contributed by atoms with Crippen molar-refractivity contribution < 1.29 is 4.79 Å². The van der Waals surface area contributed by atoms with E-state index in [0.29, 0.717) is 17.8 Å². The van der Waals surface area contributed by atoms with Gasteiger partial charge < -0.3 is 10.2 Å². The molecule has 1 N–H and O–H groups in total. The van der Waals surface area contributed by atoms with Crippen molar-refractivity contribution in [2.75, 3.05) is 18.8 Å². The molecule has 2 unspecified atom stereocenters. The molecule has 3 rings (SSSR count). The lowest BCUT2D eigenvalue weighted by Gasteiger charge is -2.24. The molecule has 0 aromatic heterocycles. The average molecular weight is 361 g/mol. The molecule has 2 heterocycles. The lowest BCUT2D eigenvalue weighted by atomic mass is 10.1. The van der Waals surface area contributed by atoms with Crippen molar-refractivity contribution in [3.8, 4) is 0 Å². The average Bonchev–Trinajstić information content (AvgIpc) is 2.78. The highest BCUT2D eigenvalue weighted by Gasteiger charge is 2.30. The van der Waals surface area contributed by atoms with Crippen LogP contribution in [0.25, 0.3) is 0 Å². The van der Waals surface area contributed by atoms with E-state index in [-0.39, 0.29) is 18.3 Å². The van der Waals surface area contributed by atoms with E-state index in [9.17, 15) is 4.79 Å². The molecule has 22 heavy (non-hydrogen) atoms. The van der Waals surface area contributed by atoms with E-state index in [1.165, 1.54) is 18.4 Å². The number of carbonyl (C=O) groups is 1. The molecule has 2 aliphatic heterocycles. The highest BCUT2D eigenvalue weighted by Crippen LogP contribution is 2.22. The van der Waals surface area contributed by atoms with Crippen molar-refractivity contribution in [2.45, 2.75) is 37.1 Å². The van der Waals surface area contributed by atoms with Crippen LogP contribution in [0.1, 0.15) is 24.8 Å². The van der Waals surface area contributed by atoms with Crippen LogP contribution in [0.2, 0.25) is 5.02 Å². The van der Waals surface area contributed by atoms with Gasteiger partial charge in [0.05, 0.1) is 5.75 Å². The van der Waals surface area contributed by atoms with E-state index in [1.54, 1.807) is 11.8 Å². The number of nitrogens with zero attached hydrogens (tertiary/aromatic N) is 1. The van der Waals surface area contributed by atoms with Gasteiger partial charge in [0.15, 0.2) is 0 Å². The van der Waals surface area contributed by atoms with Gasteiger partial charge in [0, 0.05) is 35.9 Å². The Morgan fingerprint density at radius 3 is 2.95 bits per heavy atom. The minimum absolute atomic E-state index is 0. The number of halogens is 2. The summed E-state index contributed by atoms with van der Waals surface area (Å²) in [6.07, 6.45) is 3.58. The molecule has 0 saturated carbocycles. The minimum atomic E-state index is 0. The molecular formula is C16H22Cl2N2OS. The van der Waals surface area contributed by atoms with Crippen molar-refractivity contribution in [1.29, 1.82) is 0 Å². The minimum Gasteiger partial charge on any atom is -0.340 e. The van der Waals surface area contributed by atoms with Crippen LogP contribution in [0, 0.1) is 0 Å². The van der Waals surface area contributed by atoms with Crippen molar-refractivity contribution in [1.82, 2.24) is 10.2 Å². The maximum atomic E-state index is 12.3. The Morgan fingerprint density at radius 1 is 1.32 bits per heavy atom.